The molecule has 0 aromatic carbocycles. The number of nitrogens with one attached hydrogen (secondary N) is 2. The second-order valence-electron chi connectivity index (χ2n) is 4.36. The van der Waals surface area contributed by atoms with Gasteiger partial charge in [-0.3, -0.25) is 5.10 Å². The lowest BCUT2D eigenvalue weighted by Gasteiger charge is -2.14. The Morgan fingerprint density at radius 3 is 2.79 bits per heavy atom. The van der Waals surface area contributed by atoms with Crippen LogP contribution in [0, 0.1) is 0 Å². The van der Waals surface area contributed by atoms with Crippen LogP contribution in [0.5, 0.6) is 0 Å². The number of likely N-dealkylation sites (tertiary alicyclic amines) is 1. The Morgan fingerprint density at radius 2 is 2.16 bits per heavy atom. The van der Waals surface area contributed by atoms with Crippen LogP contribution in [0.15, 0.2) is 11.2 Å². The summed E-state index contributed by atoms with van der Waals surface area (Å²) in [4.78, 5) is 13.0. The van der Waals surface area contributed by atoms with Gasteiger partial charge in [0, 0.05) is 13.1 Å². The highest BCUT2D eigenvalue weighted by molar-refractivity contribution is 7.89. The van der Waals surface area contributed by atoms with Crippen molar-refractivity contribution in [3.63, 3.8) is 0 Å². The fourth-order valence-electron chi connectivity index (χ4n) is 2.05. The number of carboxylic acid groups (broad SMARTS) is 1. The molecule has 0 bridgehead atoms. The highest BCUT2D eigenvalue weighted by Gasteiger charge is 2.24. The van der Waals surface area contributed by atoms with E-state index in [1.807, 2.05) is 0 Å². The zero-order valence-electron chi connectivity index (χ0n) is 10.3. The van der Waals surface area contributed by atoms with Gasteiger partial charge in [-0.25, -0.2) is 17.9 Å². The van der Waals surface area contributed by atoms with E-state index in [9.17, 15) is 13.2 Å². The molecule has 0 aliphatic carbocycles. The lowest BCUT2D eigenvalue weighted by Crippen LogP contribution is -2.34. The van der Waals surface area contributed by atoms with Crippen LogP contribution >= 0.6 is 0 Å². The van der Waals surface area contributed by atoms with Crippen LogP contribution in [0.4, 0.5) is 0 Å². The Morgan fingerprint density at radius 1 is 1.47 bits per heavy atom. The van der Waals surface area contributed by atoms with Crippen LogP contribution in [-0.2, 0) is 10.0 Å². The molecule has 19 heavy (non-hydrogen) atoms. The van der Waals surface area contributed by atoms with E-state index in [4.69, 9.17) is 5.11 Å². The number of aromatic carboxylic acids is 1. The zero-order valence-corrected chi connectivity index (χ0v) is 11.1. The van der Waals surface area contributed by atoms with Crippen LogP contribution in [0.2, 0.25) is 0 Å². The summed E-state index contributed by atoms with van der Waals surface area (Å²) in [7, 11) is -3.86. The SMILES string of the molecule is O=C(O)c1cn[nH]c1S(=O)(=O)NCCN1CCCC1. The summed E-state index contributed by atoms with van der Waals surface area (Å²) in [5, 5.41) is 14.1. The molecule has 9 heteroatoms. The molecule has 1 saturated heterocycles. The number of hydrogen-bond acceptors (Lipinski definition) is 5. The van der Waals surface area contributed by atoms with E-state index >= 15 is 0 Å². The van der Waals surface area contributed by atoms with Crippen molar-refractivity contribution < 1.29 is 18.3 Å². The first-order valence-corrected chi connectivity index (χ1v) is 7.48. The van der Waals surface area contributed by atoms with Crippen LogP contribution in [0.1, 0.15) is 23.2 Å². The molecular formula is C10H16N4O4S. The quantitative estimate of drug-likeness (QED) is 0.649. The van der Waals surface area contributed by atoms with E-state index in [1.165, 1.54) is 0 Å². The normalized spacial score (nSPS) is 16.8. The molecule has 0 saturated carbocycles. The van der Waals surface area contributed by atoms with Gasteiger partial charge in [-0.15, -0.1) is 0 Å². The van der Waals surface area contributed by atoms with Gasteiger partial charge in [-0.1, -0.05) is 0 Å². The molecule has 1 aliphatic heterocycles. The molecule has 1 fully saturated rings. The summed E-state index contributed by atoms with van der Waals surface area (Å²) in [6.07, 6.45) is 3.25. The average Bonchev–Trinajstić information content (AvgIpc) is 2.99. The third-order valence-electron chi connectivity index (χ3n) is 3.02. The van der Waals surface area contributed by atoms with Gasteiger partial charge in [0.2, 0.25) is 0 Å². The molecule has 8 nitrogen and oxygen atoms in total. The van der Waals surface area contributed by atoms with Gasteiger partial charge in [0.25, 0.3) is 10.0 Å². The van der Waals surface area contributed by atoms with Gasteiger partial charge in [-0.05, 0) is 25.9 Å². The van der Waals surface area contributed by atoms with E-state index < -0.39 is 21.0 Å². The number of rotatable bonds is 6. The Bertz CT molecular complexity index is 548. The zero-order chi connectivity index (χ0) is 13.9. The Labute approximate surface area is 110 Å². The Hall–Kier alpha value is -1.45. The predicted octanol–water partition coefficient (Wildman–Crippen LogP) is -0.518. The lowest BCUT2D eigenvalue weighted by atomic mass is 10.4. The van der Waals surface area contributed by atoms with E-state index in [0.29, 0.717) is 6.54 Å². The highest BCUT2D eigenvalue weighted by atomic mass is 32.2. The number of sulfonamides is 1. The number of hydrogen-bond donors (Lipinski definition) is 3. The highest BCUT2D eigenvalue weighted by Crippen LogP contribution is 2.11. The van der Waals surface area contributed by atoms with Crippen molar-refractivity contribution >= 4 is 16.0 Å². The molecule has 0 unspecified atom stereocenters. The minimum atomic E-state index is -3.86. The minimum Gasteiger partial charge on any atom is -0.478 e. The van der Waals surface area contributed by atoms with Crippen molar-refractivity contribution in [3.05, 3.63) is 11.8 Å². The number of H-pyrrole nitrogens is 1. The molecule has 0 atom stereocenters. The van der Waals surface area contributed by atoms with Crippen molar-refractivity contribution in [2.24, 2.45) is 0 Å². The lowest BCUT2D eigenvalue weighted by molar-refractivity contribution is 0.0692. The summed E-state index contributed by atoms with van der Waals surface area (Å²) in [5.74, 6) is -1.33. The smallest absolute Gasteiger partial charge is 0.340 e. The second kappa shape index (κ2) is 5.68. The van der Waals surface area contributed by atoms with Crippen molar-refractivity contribution in [2.75, 3.05) is 26.2 Å². The third kappa shape index (κ3) is 3.31. The fraction of sp³-hybridized carbons (Fsp3) is 0.600. The summed E-state index contributed by atoms with van der Waals surface area (Å²) in [5.41, 5.74) is -0.353. The Kier molecular flexibility index (Phi) is 4.17. The molecule has 0 amide bonds. The number of carbonyl (C=O) groups is 1. The maximum absolute atomic E-state index is 11.9. The molecule has 2 heterocycles. The molecule has 106 valence electrons. The summed E-state index contributed by atoms with van der Waals surface area (Å²) in [6.45, 7) is 2.83. The summed E-state index contributed by atoms with van der Waals surface area (Å²) < 4.78 is 26.2. The van der Waals surface area contributed by atoms with E-state index in [1.54, 1.807) is 0 Å². The Balaban J connectivity index is 1.97. The first-order valence-electron chi connectivity index (χ1n) is 5.99. The summed E-state index contributed by atoms with van der Waals surface area (Å²) >= 11 is 0. The second-order valence-corrected chi connectivity index (χ2v) is 6.07. The first kappa shape index (κ1) is 14.0. The molecular weight excluding hydrogens is 272 g/mol. The van der Waals surface area contributed by atoms with Gasteiger partial charge in [0.15, 0.2) is 5.03 Å². The van der Waals surface area contributed by atoms with Crippen molar-refractivity contribution in [1.29, 1.82) is 0 Å². The van der Waals surface area contributed by atoms with E-state index in [0.717, 1.165) is 32.1 Å². The molecule has 1 aromatic rings. The van der Waals surface area contributed by atoms with E-state index in [2.05, 4.69) is 19.8 Å². The predicted molar refractivity (Wildman–Crippen MR) is 66.4 cm³/mol. The van der Waals surface area contributed by atoms with Gasteiger partial charge in [-0.2, -0.15) is 5.10 Å². The molecule has 0 spiro atoms. The van der Waals surface area contributed by atoms with Crippen LogP contribution in [0.25, 0.3) is 0 Å². The topological polar surface area (TPSA) is 115 Å². The van der Waals surface area contributed by atoms with Gasteiger partial charge in [0.05, 0.1) is 6.20 Å². The molecule has 1 aromatic heterocycles. The number of aromatic amines is 1. The van der Waals surface area contributed by atoms with E-state index in [-0.39, 0.29) is 12.1 Å². The van der Waals surface area contributed by atoms with Gasteiger partial charge >= 0.3 is 5.97 Å². The monoisotopic (exact) mass is 288 g/mol. The van der Waals surface area contributed by atoms with Crippen molar-refractivity contribution in [2.45, 2.75) is 17.9 Å². The summed E-state index contributed by atoms with van der Waals surface area (Å²) in [6, 6.07) is 0. The van der Waals surface area contributed by atoms with Gasteiger partial charge in [0.1, 0.15) is 5.56 Å². The van der Waals surface area contributed by atoms with Crippen LogP contribution in [0.3, 0.4) is 0 Å². The molecule has 1 aliphatic rings. The maximum atomic E-state index is 11.9. The maximum Gasteiger partial charge on any atom is 0.340 e. The fourth-order valence-corrected chi connectivity index (χ4v) is 3.15. The number of nitrogens with zero attached hydrogens (tertiary/aromatic N) is 2. The number of carboxylic acids is 1. The molecule has 3 N–H and O–H groups in total. The van der Waals surface area contributed by atoms with Crippen molar-refractivity contribution in [1.82, 2.24) is 19.8 Å². The van der Waals surface area contributed by atoms with Crippen LogP contribution in [-0.4, -0.2) is 60.8 Å². The first-order chi connectivity index (χ1) is 9.00. The molecule has 0 radical (unpaired) electrons. The average molecular weight is 288 g/mol. The minimum absolute atomic E-state index is 0.250. The van der Waals surface area contributed by atoms with Crippen LogP contribution < -0.4 is 4.72 Å². The molecule has 2 rings (SSSR count). The standard InChI is InChI=1S/C10H16N4O4S/c15-10(16)8-7-11-13-9(8)19(17,18)12-3-6-14-4-1-2-5-14/h7,12H,1-6H2,(H,11,13)(H,15,16). The number of aromatic nitrogens is 2. The van der Waals surface area contributed by atoms with Crippen molar-refractivity contribution in [3.8, 4) is 0 Å². The third-order valence-corrected chi connectivity index (χ3v) is 4.46. The largest absolute Gasteiger partial charge is 0.478 e. The van der Waals surface area contributed by atoms with Gasteiger partial charge < -0.3 is 10.0 Å².